The Labute approximate surface area is 115 Å². The molecule has 0 aromatic carbocycles. The molecule has 2 aromatic rings. The fourth-order valence-electron chi connectivity index (χ4n) is 2.37. The second-order valence-electron chi connectivity index (χ2n) is 4.57. The Kier molecular flexibility index (Phi) is 3.46. The summed E-state index contributed by atoms with van der Waals surface area (Å²) in [5.41, 5.74) is 0. The van der Waals surface area contributed by atoms with Gasteiger partial charge in [0.1, 0.15) is 12.4 Å². The lowest BCUT2D eigenvalue weighted by Crippen LogP contribution is -2.38. The first-order valence-corrected chi connectivity index (χ1v) is 6.58. The lowest BCUT2D eigenvalue weighted by atomic mass is 10.1. The third-order valence-electron chi connectivity index (χ3n) is 3.37. The highest BCUT2D eigenvalue weighted by Crippen LogP contribution is 2.26. The van der Waals surface area contributed by atoms with E-state index in [2.05, 4.69) is 25.5 Å². The van der Waals surface area contributed by atoms with Crippen LogP contribution in [0.4, 0.5) is 0 Å². The maximum absolute atomic E-state index is 12.3. The Hall–Kier alpha value is -2.22. The molecule has 8 heteroatoms. The Bertz CT molecular complexity index is 579. The van der Waals surface area contributed by atoms with E-state index in [1.165, 1.54) is 6.33 Å². The Morgan fingerprint density at radius 3 is 3.25 bits per heavy atom. The van der Waals surface area contributed by atoms with Crippen LogP contribution in [0.15, 0.2) is 18.7 Å². The smallest absolute Gasteiger partial charge is 0.287 e. The normalized spacial score (nSPS) is 22.1. The molecular formula is C12H16N6O2. The lowest BCUT2D eigenvalue weighted by Gasteiger charge is -2.17. The summed E-state index contributed by atoms with van der Waals surface area (Å²) < 4.78 is 7.41. The predicted molar refractivity (Wildman–Crippen MR) is 68.8 cm³/mol. The van der Waals surface area contributed by atoms with Gasteiger partial charge in [-0.25, -0.2) is 9.97 Å². The topological polar surface area (TPSA) is 97.7 Å². The summed E-state index contributed by atoms with van der Waals surface area (Å²) >= 11 is 0. The molecule has 20 heavy (non-hydrogen) atoms. The SMILES string of the molecule is CCn1ccnc1C(=O)N[C@H]1CCO[C@H]1c1ncn[nH]1. The second kappa shape index (κ2) is 5.41. The van der Waals surface area contributed by atoms with Crippen LogP contribution in [0.2, 0.25) is 0 Å². The lowest BCUT2D eigenvalue weighted by molar-refractivity contribution is 0.0783. The molecule has 1 amide bonds. The zero-order valence-electron chi connectivity index (χ0n) is 11.1. The summed E-state index contributed by atoms with van der Waals surface area (Å²) in [6, 6.07) is -0.127. The molecule has 0 bridgehead atoms. The van der Waals surface area contributed by atoms with Crippen LogP contribution in [0.3, 0.4) is 0 Å². The first kappa shape index (κ1) is 12.8. The monoisotopic (exact) mass is 276 g/mol. The van der Waals surface area contributed by atoms with Crippen LogP contribution in [0.5, 0.6) is 0 Å². The molecule has 1 aliphatic heterocycles. The van der Waals surface area contributed by atoms with Crippen molar-refractivity contribution in [2.75, 3.05) is 6.61 Å². The van der Waals surface area contributed by atoms with Crippen LogP contribution >= 0.6 is 0 Å². The first-order chi connectivity index (χ1) is 9.79. The van der Waals surface area contributed by atoms with E-state index in [0.29, 0.717) is 24.8 Å². The van der Waals surface area contributed by atoms with Crippen molar-refractivity contribution < 1.29 is 9.53 Å². The minimum Gasteiger partial charge on any atom is -0.368 e. The molecular weight excluding hydrogens is 260 g/mol. The average molecular weight is 276 g/mol. The van der Waals surface area contributed by atoms with Gasteiger partial charge >= 0.3 is 0 Å². The van der Waals surface area contributed by atoms with Crippen molar-refractivity contribution in [1.82, 2.24) is 30.0 Å². The molecule has 0 spiro atoms. The fourth-order valence-corrected chi connectivity index (χ4v) is 2.37. The van der Waals surface area contributed by atoms with E-state index in [0.717, 1.165) is 6.42 Å². The number of nitrogens with zero attached hydrogens (tertiary/aromatic N) is 4. The summed E-state index contributed by atoms with van der Waals surface area (Å²) in [4.78, 5) is 20.4. The fraction of sp³-hybridized carbons (Fsp3) is 0.500. The highest BCUT2D eigenvalue weighted by Gasteiger charge is 2.33. The van der Waals surface area contributed by atoms with Crippen LogP contribution in [0.1, 0.15) is 35.9 Å². The molecule has 2 atom stereocenters. The quantitative estimate of drug-likeness (QED) is 0.836. The number of aryl methyl sites for hydroxylation is 1. The molecule has 8 nitrogen and oxygen atoms in total. The number of hydrogen-bond acceptors (Lipinski definition) is 5. The number of hydrogen-bond donors (Lipinski definition) is 2. The average Bonchev–Trinajstić information content (AvgIpc) is 3.19. The van der Waals surface area contributed by atoms with Gasteiger partial charge in [0.2, 0.25) is 0 Å². The molecule has 2 N–H and O–H groups in total. The van der Waals surface area contributed by atoms with Crippen LogP contribution in [-0.2, 0) is 11.3 Å². The van der Waals surface area contributed by atoms with Gasteiger partial charge in [0, 0.05) is 25.5 Å². The van der Waals surface area contributed by atoms with Crippen molar-refractivity contribution in [2.45, 2.75) is 32.0 Å². The van der Waals surface area contributed by atoms with Crippen molar-refractivity contribution in [2.24, 2.45) is 0 Å². The third-order valence-corrected chi connectivity index (χ3v) is 3.37. The summed E-state index contributed by atoms with van der Waals surface area (Å²) in [5, 5.41) is 9.55. The van der Waals surface area contributed by atoms with Gasteiger partial charge in [0.15, 0.2) is 11.6 Å². The van der Waals surface area contributed by atoms with Crippen LogP contribution < -0.4 is 5.32 Å². The van der Waals surface area contributed by atoms with E-state index in [9.17, 15) is 4.79 Å². The van der Waals surface area contributed by atoms with Crippen molar-refractivity contribution in [3.8, 4) is 0 Å². The van der Waals surface area contributed by atoms with Crippen LogP contribution in [0.25, 0.3) is 0 Å². The molecule has 0 radical (unpaired) electrons. The molecule has 3 heterocycles. The van der Waals surface area contributed by atoms with E-state index in [1.807, 2.05) is 6.92 Å². The molecule has 0 aliphatic carbocycles. The predicted octanol–water partition coefficient (Wildman–Crippen LogP) is 0.281. The Morgan fingerprint density at radius 1 is 1.60 bits per heavy atom. The summed E-state index contributed by atoms with van der Waals surface area (Å²) in [7, 11) is 0. The largest absolute Gasteiger partial charge is 0.368 e. The van der Waals surface area contributed by atoms with E-state index in [1.54, 1.807) is 17.0 Å². The molecule has 3 rings (SSSR count). The van der Waals surface area contributed by atoms with Gasteiger partial charge < -0.3 is 14.6 Å². The van der Waals surface area contributed by atoms with Gasteiger partial charge in [-0.2, -0.15) is 5.10 Å². The minimum absolute atomic E-state index is 0.127. The number of carbonyl (C=O) groups is 1. The molecule has 106 valence electrons. The van der Waals surface area contributed by atoms with Gasteiger partial charge in [-0.15, -0.1) is 0 Å². The number of carbonyl (C=O) groups excluding carboxylic acids is 1. The van der Waals surface area contributed by atoms with Crippen LogP contribution in [0, 0.1) is 0 Å². The maximum atomic E-state index is 12.3. The van der Waals surface area contributed by atoms with E-state index < -0.39 is 0 Å². The minimum atomic E-state index is -0.286. The van der Waals surface area contributed by atoms with Gasteiger partial charge in [0.05, 0.1) is 6.04 Å². The number of nitrogens with one attached hydrogen (secondary N) is 2. The third kappa shape index (κ3) is 2.29. The van der Waals surface area contributed by atoms with Gasteiger partial charge in [-0.05, 0) is 13.3 Å². The van der Waals surface area contributed by atoms with Crippen LogP contribution in [-0.4, -0.2) is 43.3 Å². The van der Waals surface area contributed by atoms with Crippen molar-refractivity contribution in [3.05, 3.63) is 30.4 Å². The highest BCUT2D eigenvalue weighted by atomic mass is 16.5. The number of amides is 1. The van der Waals surface area contributed by atoms with E-state index >= 15 is 0 Å². The summed E-state index contributed by atoms with van der Waals surface area (Å²) in [6.45, 7) is 3.25. The van der Waals surface area contributed by atoms with Crippen molar-refractivity contribution in [3.63, 3.8) is 0 Å². The van der Waals surface area contributed by atoms with Crippen molar-refractivity contribution in [1.29, 1.82) is 0 Å². The zero-order valence-corrected chi connectivity index (χ0v) is 11.1. The summed E-state index contributed by atoms with van der Waals surface area (Å²) in [6.07, 6.45) is 5.29. The first-order valence-electron chi connectivity index (χ1n) is 6.58. The molecule has 0 saturated carbocycles. The Balaban J connectivity index is 1.72. The molecule has 1 saturated heterocycles. The molecule has 1 fully saturated rings. The summed E-state index contributed by atoms with van der Waals surface area (Å²) in [5.74, 6) is 0.846. The zero-order chi connectivity index (χ0) is 13.9. The van der Waals surface area contributed by atoms with E-state index in [-0.39, 0.29) is 18.1 Å². The second-order valence-corrected chi connectivity index (χ2v) is 4.57. The molecule has 2 aromatic heterocycles. The van der Waals surface area contributed by atoms with Gasteiger partial charge in [-0.1, -0.05) is 0 Å². The van der Waals surface area contributed by atoms with Gasteiger partial charge in [-0.3, -0.25) is 9.89 Å². The number of ether oxygens (including phenoxy) is 1. The molecule has 0 unspecified atom stereocenters. The number of imidazole rings is 1. The number of rotatable bonds is 4. The Morgan fingerprint density at radius 2 is 2.50 bits per heavy atom. The highest BCUT2D eigenvalue weighted by molar-refractivity contribution is 5.91. The van der Waals surface area contributed by atoms with Gasteiger partial charge in [0.25, 0.3) is 5.91 Å². The number of aromatic amines is 1. The number of aromatic nitrogens is 5. The standard InChI is InChI=1S/C12H16N6O2/c1-2-18-5-4-13-11(18)12(19)16-8-3-6-20-9(8)10-14-7-15-17-10/h4-5,7-9H,2-3,6H2,1H3,(H,16,19)(H,14,15,17)/t8-,9+/m0/s1. The molecule has 1 aliphatic rings. The number of H-pyrrole nitrogens is 1. The maximum Gasteiger partial charge on any atom is 0.287 e. The van der Waals surface area contributed by atoms with E-state index in [4.69, 9.17) is 4.74 Å². The van der Waals surface area contributed by atoms with Crippen molar-refractivity contribution >= 4 is 5.91 Å².